The number of halogens is 1. The molecule has 2 aromatic rings. The first-order valence-corrected chi connectivity index (χ1v) is 10.0. The smallest absolute Gasteiger partial charge is 0.254 e. The fourth-order valence-electron chi connectivity index (χ4n) is 3.85. The number of rotatable bonds is 4. The number of hydrogen-bond acceptors (Lipinski definition) is 1. The van der Waals surface area contributed by atoms with Crippen molar-refractivity contribution in [2.45, 2.75) is 70.9 Å². The van der Waals surface area contributed by atoms with Crippen molar-refractivity contribution in [3.05, 3.63) is 71.0 Å². The van der Waals surface area contributed by atoms with Crippen LogP contribution in [0.1, 0.15) is 74.4 Å². The molecule has 3 heteroatoms. The van der Waals surface area contributed by atoms with Crippen LogP contribution in [0.4, 0.5) is 4.39 Å². The van der Waals surface area contributed by atoms with Crippen molar-refractivity contribution >= 4 is 5.91 Å². The summed E-state index contributed by atoms with van der Waals surface area (Å²) in [5.41, 5.74) is 2.95. The highest BCUT2D eigenvalue weighted by molar-refractivity contribution is 5.94. The average Bonchev–Trinajstić information content (AvgIpc) is 2.66. The molecule has 0 spiro atoms. The average molecular weight is 368 g/mol. The van der Waals surface area contributed by atoms with Gasteiger partial charge in [-0.15, -0.1) is 0 Å². The highest BCUT2D eigenvalue weighted by Crippen LogP contribution is 2.27. The standard InChI is InChI=1S/C24H30FNO/c1-24(2,3)20-14-12-18(13-15-20)17-26(22-10-5-4-6-11-22)23(27)19-8-7-9-21(25)16-19/h7-9,12-16,22H,4-6,10-11,17H2,1-3H3. The third kappa shape index (κ3) is 4.97. The Morgan fingerprint density at radius 3 is 2.30 bits per heavy atom. The summed E-state index contributed by atoms with van der Waals surface area (Å²) in [6.45, 7) is 7.17. The number of carbonyl (C=O) groups is 1. The van der Waals surface area contributed by atoms with Gasteiger partial charge in [0.1, 0.15) is 5.82 Å². The number of hydrogen-bond donors (Lipinski definition) is 0. The lowest BCUT2D eigenvalue weighted by atomic mass is 9.86. The molecule has 1 aliphatic rings. The summed E-state index contributed by atoms with van der Waals surface area (Å²) in [6.07, 6.45) is 5.60. The zero-order chi connectivity index (χ0) is 19.4. The Hall–Kier alpha value is -2.16. The van der Waals surface area contributed by atoms with Gasteiger partial charge < -0.3 is 4.90 Å². The molecule has 0 saturated heterocycles. The van der Waals surface area contributed by atoms with Crippen LogP contribution in [-0.4, -0.2) is 16.8 Å². The highest BCUT2D eigenvalue weighted by atomic mass is 19.1. The summed E-state index contributed by atoms with van der Waals surface area (Å²) in [5, 5.41) is 0. The topological polar surface area (TPSA) is 20.3 Å². The molecule has 0 N–H and O–H groups in total. The molecule has 1 aliphatic carbocycles. The molecule has 0 radical (unpaired) electrons. The van der Waals surface area contributed by atoms with Gasteiger partial charge in [-0.25, -0.2) is 4.39 Å². The van der Waals surface area contributed by atoms with E-state index >= 15 is 0 Å². The van der Waals surface area contributed by atoms with Crippen LogP contribution in [0.5, 0.6) is 0 Å². The van der Waals surface area contributed by atoms with Crippen LogP contribution in [-0.2, 0) is 12.0 Å². The summed E-state index contributed by atoms with van der Waals surface area (Å²) >= 11 is 0. The normalized spacial score (nSPS) is 15.6. The van der Waals surface area contributed by atoms with Crippen molar-refractivity contribution in [2.24, 2.45) is 0 Å². The van der Waals surface area contributed by atoms with Gasteiger partial charge in [0.2, 0.25) is 0 Å². The maximum atomic E-state index is 13.6. The minimum Gasteiger partial charge on any atom is -0.331 e. The van der Waals surface area contributed by atoms with Gasteiger partial charge >= 0.3 is 0 Å². The molecular weight excluding hydrogens is 337 g/mol. The van der Waals surface area contributed by atoms with E-state index in [-0.39, 0.29) is 23.2 Å². The molecule has 27 heavy (non-hydrogen) atoms. The maximum absolute atomic E-state index is 13.6. The predicted octanol–water partition coefficient (Wildman–Crippen LogP) is 6.10. The van der Waals surface area contributed by atoms with Gasteiger partial charge in [-0.1, -0.05) is 70.4 Å². The molecule has 0 bridgehead atoms. The highest BCUT2D eigenvalue weighted by Gasteiger charge is 2.27. The molecule has 1 amide bonds. The molecule has 1 saturated carbocycles. The molecular formula is C24H30FNO. The van der Waals surface area contributed by atoms with Crippen LogP contribution in [0, 0.1) is 5.82 Å². The van der Waals surface area contributed by atoms with Crippen LogP contribution in [0.2, 0.25) is 0 Å². The Morgan fingerprint density at radius 2 is 1.70 bits per heavy atom. The van der Waals surface area contributed by atoms with Gasteiger partial charge in [-0.05, 0) is 47.6 Å². The maximum Gasteiger partial charge on any atom is 0.254 e. The summed E-state index contributed by atoms with van der Waals surface area (Å²) in [6, 6.07) is 14.8. The van der Waals surface area contributed by atoms with Crippen LogP contribution in [0.15, 0.2) is 48.5 Å². The number of nitrogens with zero attached hydrogens (tertiary/aromatic N) is 1. The summed E-state index contributed by atoms with van der Waals surface area (Å²) in [5.74, 6) is -0.430. The largest absolute Gasteiger partial charge is 0.331 e. The van der Waals surface area contributed by atoms with E-state index in [0.717, 1.165) is 31.2 Å². The number of amides is 1. The molecule has 144 valence electrons. The van der Waals surface area contributed by atoms with Gasteiger partial charge in [-0.3, -0.25) is 4.79 Å². The zero-order valence-corrected chi connectivity index (χ0v) is 16.7. The van der Waals surface area contributed by atoms with Crippen LogP contribution in [0.25, 0.3) is 0 Å². The number of benzene rings is 2. The van der Waals surface area contributed by atoms with Crippen molar-refractivity contribution in [3.63, 3.8) is 0 Å². The van der Waals surface area contributed by atoms with E-state index in [2.05, 4.69) is 45.0 Å². The third-order valence-electron chi connectivity index (χ3n) is 5.52. The van der Waals surface area contributed by atoms with E-state index in [4.69, 9.17) is 0 Å². The lowest BCUT2D eigenvalue weighted by Gasteiger charge is -2.35. The molecule has 3 rings (SSSR count). The van der Waals surface area contributed by atoms with E-state index < -0.39 is 0 Å². The Bertz CT molecular complexity index is 770. The molecule has 0 unspecified atom stereocenters. The molecule has 0 heterocycles. The second-order valence-corrected chi connectivity index (χ2v) is 8.68. The Morgan fingerprint density at radius 1 is 1.04 bits per heavy atom. The Labute approximate surface area is 162 Å². The van der Waals surface area contributed by atoms with Crippen LogP contribution >= 0.6 is 0 Å². The van der Waals surface area contributed by atoms with E-state index in [0.29, 0.717) is 12.1 Å². The summed E-state index contributed by atoms with van der Waals surface area (Å²) < 4.78 is 13.6. The first kappa shape index (κ1) is 19.6. The van der Waals surface area contributed by atoms with Crippen molar-refractivity contribution in [1.29, 1.82) is 0 Å². The van der Waals surface area contributed by atoms with Crippen molar-refractivity contribution in [1.82, 2.24) is 4.90 Å². The SMILES string of the molecule is CC(C)(C)c1ccc(CN(C(=O)c2cccc(F)c2)C2CCCCC2)cc1. The van der Waals surface area contributed by atoms with Crippen LogP contribution < -0.4 is 0 Å². The van der Waals surface area contributed by atoms with E-state index in [1.54, 1.807) is 12.1 Å². The third-order valence-corrected chi connectivity index (χ3v) is 5.52. The fourth-order valence-corrected chi connectivity index (χ4v) is 3.85. The first-order valence-electron chi connectivity index (χ1n) is 10.0. The monoisotopic (exact) mass is 367 g/mol. The van der Waals surface area contributed by atoms with Gasteiger partial charge in [0, 0.05) is 18.2 Å². The molecule has 0 atom stereocenters. The van der Waals surface area contributed by atoms with E-state index in [1.807, 2.05) is 4.90 Å². The van der Waals surface area contributed by atoms with Crippen molar-refractivity contribution in [3.8, 4) is 0 Å². The van der Waals surface area contributed by atoms with Gasteiger partial charge in [0.15, 0.2) is 0 Å². The predicted molar refractivity (Wildman–Crippen MR) is 108 cm³/mol. The molecule has 2 nitrogen and oxygen atoms in total. The van der Waals surface area contributed by atoms with E-state index in [9.17, 15) is 9.18 Å². The van der Waals surface area contributed by atoms with Gasteiger partial charge in [0.05, 0.1) is 0 Å². The molecule has 0 aromatic heterocycles. The van der Waals surface area contributed by atoms with E-state index in [1.165, 1.54) is 24.1 Å². The Balaban J connectivity index is 1.84. The fraction of sp³-hybridized carbons (Fsp3) is 0.458. The lowest BCUT2D eigenvalue weighted by Crippen LogP contribution is -2.41. The minimum absolute atomic E-state index is 0.0682. The second kappa shape index (κ2) is 8.24. The number of carbonyl (C=O) groups excluding carboxylic acids is 1. The van der Waals surface area contributed by atoms with Gasteiger partial charge in [0.25, 0.3) is 5.91 Å². The molecule has 2 aromatic carbocycles. The second-order valence-electron chi connectivity index (χ2n) is 8.68. The summed E-state index contributed by atoms with van der Waals surface area (Å²) in [7, 11) is 0. The zero-order valence-electron chi connectivity index (χ0n) is 16.7. The van der Waals surface area contributed by atoms with Crippen molar-refractivity contribution in [2.75, 3.05) is 0 Å². The Kier molecular flexibility index (Phi) is 5.98. The minimum atomic E-state index is -0.362. The van der Waals surface area contributed by atoms with Crippen LogP contribution in [0.3, 0.4) is 0 Å². The first-order chi connectivity index (χ1) is 12.8. The molecule has 1 fully saturated rings. The van der Waals surface area contributed by atoms with Gasteiger partial charge in [-0.2, -0.15) is 0 Å². The molecule has 0 aliphatic heterocycles. The lowest BCUT2D eigenvalue weighted by molar-refractivity contribution is 0.0613. The van der Waals surface area contributed by atoms with Crippen molar-refractivity contribution < 1.29 is 9.18 Å². The quantitative estimate of drug-likeness (QED) is 0.639. The summed E-state index contributed by atoms with van der Waals surface area (Å²) in [4.78, 5) is 15.1.